The highest BCUT2D eigenvalue weighted by Gasteiger charge is 2.12. The summed E-state index contributed by atoms with van der Waals surface area (Å²) >= 11 is 3.26. The second-order valence-electron chi connectivity index (χ2n) is 3.42. The Hall–Kier alpha value is -1.96. The van der Waals surface area contributed by atoms with E-state index < -0.39 is 5.97 Å². The van der Waals surface area contributed by atoms with Gasteiger partial charge in [-0.05, 0) is 22.9 Å². The number of hydrogen-bond acceptors (Lipinski definition) is 6. The van der Waals surface area contributed by atoms with E-state index in [-0.39, 0.29) is 0 Å². The lowest BCUT2D eigenvalue weighted by atomic mass is 10.4. The molecular formula is C11H11BrN4O3. The monoisotopic (exact) mass is 326 g/mol. The Kier molecular flexibility index (Phi) is 4.10. The summed E-state index contributed by atoms with van der Waals surface area (Å²) in [5.41, 5.74) is 0.340. The van der Waals surface area contributed by atoms with Crippen LogP contribution in [0.25, 0.3) is 5.95 Å². The maximum Gasteiger partial charge on any atom is 0.341 e. The number of hydrogen-bond donors (Lipinski definition) is 0. The summed E-state index contributed by atoms with van der Waals surface area (Å²) < 4.78 is 12.0. The van der Waals surface area contributed by atoms with Crippen LogP contribution in [0, 0.1) is 0 Å². The van der Waals surface area contributed by atoms with Crippen LogP contribution in [-0.2, 0) is 4.74 Å². The molecule has 0 aromatic carbocycles. The third-order valence-corrected chi connectivity index (χ3v) is 2.74. The number of nitrogens with zero attached hydrogens (tertiary/aromatic N) is 4. The van der Waals surface area contributed by atoms with Crippen LogP contribution >= 0.6 is 15.9 Å². The molecule has 2 rings (SSSR count). The van der Waals surface area contributed by atoms with Gasteiger partial charge in [-0.25, -0.2) is 14.5 Å². The molecule has 0 fully saturated rings. The smallest absolute Gasteiger partial charge is 0.341 e. The van der Waals surface area contributed by atoms with Crippen molar-refractivity contribution in [3.8, 4) is 11.8 Å². The predicted molar refractivity (Wildman–Crippen MR) is 69.4 cm³/mol. The van der Waals surface area contributed by atoms with Crippen LogP contribution in [0.1, 0.15) is 17.3 Å². The zero-order valence-corrected chi connectivity index (χ0v) is 11.9. The molecule has 0 spiro atoms. The van der Waals surface area contributed by atoms with Gasteiger partial charge in [-0.2, -0.15) is 10.1 Å². The van der Waals surface area contributed by atoms with Crippen molar-refractivity contribution in [2.45, 2.75) is 6.92 Å². The van der Waals surface area contributed by atoms with Crippen molar-refractivity contribution in [3.05, 3.63) is 28.6 Å². The third kappa shape index (κ3) is 2.90. The lowest BCUT2D eigenvalue weighted by Gasteiger charge is -2.03. The molecule has 0 N–H and O–H groups in total. The number of methoxy groups -OCH3 is 1. The van der Waals surface area contributed by atoms with Crippen molar-refractivity contribution in [2.24, 2.45) is 0 Å². The standard InChI is InChI=1S/C11H11BrN4O3/c1-3-19-10(17)7-4-14-16(6-7)11-13-5-8(12)9(15-11)18-2/h4-6H,3H2,1-2H3. The number of carbonyl (C=O) groups is 1. The van der Waals surface area contributed by atoms with Crippen LogP contribution in [0.4, 0.5) is 0 Å². The van der Waals surface area contributed by atoms with E-state index in [1.54, 1.807) is 13.1 Å². The van der Waals surface area contributed by atoms with Crippen LogP contribution in [0.5, 0.6) is 5.88 Å². The van der Waals surface area contributed by atoms with Gasteiger partial charge in [0, 0.05) is 6.20 Å². The number of halogens is 1. The minimum absolute atomic E-state index is 0.301. The molecular weight excluding hydrogens is 316 g/mol. The molecule has 0 radical (unpaired) electrons. The van der Waals surface area contributed by atoms with Gasteiger partial charge in [0.05, 0.1) is 36.1 Å². The number of rotatable bonds is 4. The summed E-state index contributed by atoms with van der Waals surface area (Å²) in [5, 5.41) is 4.01. The summed E-state index contributed by atoms with van der Waals surface area (Å²) in [6, 6.07) is 0. The lowest BCUT2D eigenvalue weighted by Crippen LogP contribution is -2.05. The van der Waals surface area contributed by atoms with Gasteiger partial charge >= 0.3 is 5.97 Å². The van der Waals surface area contributed by atoms with E-state index in [1.807, 2.05) is 0 Å². The first-order valence-electron chi connectivity index (χ1n) is 5.44. The Bertz CT molecular complexity index is 599. The van der Waals surface area contributed by atoms with Crippen LogP contribution in [-0.4, -0.2) is 39.4 Å². The molecule has 0 unspecified atom stereocenters. The van der Waals surface area contributed by atoms with Crippen LogP contribution in [0.15, 0.2) is 23.1 Å². The van der Waals surface area contributed by atoms with Crippen molar-refractivity contribution in [1.29, 1.82) is 0 Å². The summed E-state index contributed by atoms with van der Waals surface area (Å²) in [7, 11) is 1.50. The number of esters is 1. The zero-order chi connectivity index (χ0) is 13.8. The molecule has 0 bridgehead atoms. The number of ether oxygens (including phenoxy) is 2. The Balaban J connectivity index is 2.30. The second kappa shape index (κ2) is 5.79. The molecule has 0 aliphatic carbocycles. The molecule has 8 heteroatoms. The van der Waals surface area contributed by atoms with Gasteiger partial charge in [-0.1, -0.05) is 0 Å². The van der Waals surface area contributed by atoms with Crippen molar-refractivity contribution in [2.75, 3.05) is 13.7 Å². The number of aromatic nitrogens is 4. The molecule has 2 heterocycles. The Morgan fingerprint density at radius 2 is 2.26 bits per heavy atom. The van der Waals surface area contributed by atoms with E-state index in [4.69, 9.17) is 9.47 Å². The average Bonchev–Trinajstić information content (AvgIpc) is 2.89. The lowest BCUT2D eigenvalue weighted by molar-refractivity contribution is 0.0526. The van der Waals surface area contributed by atoms with Crippen molar-refractivity contribution in [1.82, 2.24) is 19.7 Å². The Morgan fingerprint density at radius 3 is 2.95 bits per heavy atom. The van der Waals surface area contributed by atoms with Gasteiger partial charge in [0.25, 0.3) is 5.95 Å². The summed E-state index contributed by atoms with van der Waals surface area (Å²) in [6.07, 6.45) is 4.45. The van der Waals surface area contributed by atoms with Crippen LogP contribution in [0.2, 0.25) is 0 Å². The minimum atomic E-state index is -0.433. The van der Waals surface area contributed by atoms with Crippen LogP contribution in [0.3, 0.4) is 0 Å². The highest BCUT2D eigenvalue weighted by Crippen LogP contribution is 2.21. The van der Waals surface area contributed by atoms with E-state index in [0.29, 0.717) is 28.5 Å². The first-order chi connectivity index (χ1) is 9.15. The molecule has 19 heavy (non-hydrogen) atoms. The van der Waals surface area contributed by atoms with E-state index in [0.717, 1.165) is 0 Å². The fourth-order valence-electron chi connectivity index (χ4n) is 1.35. The number of carbonyl (C=O) groups excluding carboxylic acids is 1. The molecule has 100 valence electrons. The van der Waals surface area contributed by atoms with E-state index in [1.165, 1.54) is 24.2 Å². The third-order valence-electron chi connectivity index (χ3n) is 2.19. The maximum atomic E-state index is 11.5. The molecule has 7 nitrogen and oxygen atoms in total. The summed E-state index contributed by atoms with van der Waals surface area (Å²) in [5.74, 6) is 0.256. The quantitative estimate of drug-likeness (QED) is 0.794. The molecule has 0 amide bonds. The summed E-state index contributed by atoms with van der Waals surface area (Å²) in [4.78, 5) is 19.8. The van der Waals surface area contributed by atoms with Gasteiger partial charge in [-0.15, -0.1) is 0 Å². The SMILES string of the molecule is CCOC(=O)c1cnn(-c2ncc(Br)c(OC)n2)c1. The molecule has 0 saturated carbocycles. The first kappa shape index (κ1) is 13.5. The zero-order valence-electron chi connectivity index (χ0n) is 10.3. The molecule has 2 aromatic rings. The average molecular weight is 327 g/mol. The molecule has 0 aliphatic heterocycles. The second-order valence-corrected chi connectivity index (χ2v) is 4.28. The maximum absolute atomic E-state index is 11.5. The van der Waals surface area contributed by atoms with E-state index >= 15 is 0 Å². The molecule has 0 aliphatic rings. The first-order valence-corrected chi connectivity index (χ1v) is 6.23. The van der Waals surface area contributed by atoms with Crippen LogP contribution < -0.4 is 4.74 Å². The van der Waals surface area contributed by atoms with Crippen molar-refractivity contribution < 1.29 is 14.3 Å². The highest BCUT2D eigenvalue weighted by molar-refractivity contribution is 9.10. The molecule has 0 saturated heterocycles. The largest absolute Gasteiger partial charge is 0.480 e. The minimum Gasteiger partial charge on any atom is -0.480 e. The molecule has 2 aromatic heterocycles. The van der Waals surface area contributed by atoms with E-state index in [9.17, 15) is 4.79 Å². The molecule has 0 atom stereocenters. The Morgan fingerprint density at radius 1 is 1.47 bits per heavy atom. The van der Waals surface area contributed by atoms with Gasteiger partial charge in [0.15, 0.2) is 0 Å². The Labute approximate surface area is 117 Å². The van der Waals surface area contributed by atoms with Gasteiger partial charge in [0.1, 0.15) is 0 Å². The van der Waals surface area contributed by atoms with Crippen molar-refractivity contribution in [3.63, 3.8) is 0 Å². The van der Waals surface area contributed by atoms with E-state index in [2.05, 4.69) is 31.0 Å². The highest BCUT2D eigenvalue weighted by atomic mass is 79.9. The van der Waals surface area contributed by atoms with Gasteiger partial charge in [-0.3, -0.25) is 0 Å². The normalized spacial score (nSPS) is 10.3. The fourth-order valence-corrected chi connectivity index (χ4v) is 1.70. The topological polar surface area (TPSA) is 79.1 Å². The van der Waals surface area contributed by atoms with Gasteiger partial charge < -0.3 is 9.47 Å². The fraction of sp³-hybridized carbons (Fsp3) is 0.273. The van der Waals surface area contributed by atoms with Gasteiger partial charge in [0.2, 0.25) is 5.88 Å². The summed E-state index contributed by atoms with van der Waals surface area (Å²) in [6.45, 7) is 2.05. The predicted octanol–water partition coefficient (Wildman–Crippen LogP) is 1.61. The van der Waals surface area contributed by atoms with Crippen molar-refractivity contribution >= 4 is 21.9 Å².